The van der Waals surface area contributed by atoms with E-state index >= 15 is 0 Å². The third-order valence-corrected chi connectivity index (χ3v) is 2.69. The highest BCUT2D eigenvalue weighted by molar-refractivity contribution is 5.60. The summed E-state index contributed by atoms with van der Waals surface area (Å²) in [5.74, 6) is 0.917. The Bertz CT molecular complexity index is 396. The second-order valence-electron chi connectivity index (χ2n) is 4.07. The number of ether oxygens (including phenoxy) is 1. The lowest BCUT2D eigenvalue weighted by Crippen LogP contribution is -2.15. The quantitative estimate of drug-likeness (QED) is 0.706. The zero-order chi connectivity index (χ0) is 13.2. The van der Waals surface area contributed by atoms with Crippen molar-refractivity contribution in [2.45, 2.75) is 20.3 Å². The summed E-state index contributed by atoms with van der Waals surface area (Å²) < 4.78 is 5.65. The van der Waals surface area contributed by atoms with Gasteiger partial charge in [0.1, 0.15) is 12.4 Å². The first-order valence-electron chi connectivity index (χ1n) is 6.54. The summed E-state index contributed by atoms with van der Waals surface area (Å²) in [5, 5.41) is 3.36. The number of likely N-dealkylation sites (N-methyl/N-ethyl adjacent to an activating group) is 1. The highest BCUT2D eigenvalue weighted by Crippen LogP contribution is 2.21. The van der Waals surface area contributed by atoms with E-state index in [0.29, 0.717) is 6.61 Å². The van der Waals surface area contributed by atoms with Gasteiger partial charge in [-0.25, -0.2) is 0 Å². The largest absolute Gasteiger partial charge is 0.489 e. The van der Waals surface area contributed by atoms with Gasteiger partial charge in [-0.3, -0.25) is 0 Å². The van der Waals surface area contributed by atoms with Gasteiger partial charge in [0.2, 0.25) is 0 Å². The summed E-state index contributed by atoms with van der Waals surface area (Å²) in [6.45, 7) is 10.4. The molecule has 98 valence electrons. The van der Waals surface area contributed by atoms with E-state index in [2.05, 4.69) is 37.9 Å². The van der Waals surface area contributed by atoms with Crippen LogP contribution in [0, 0.1) is 0 Å². The molecule has 1 N–H and O–H groups in total. The summed E-state index contributed by atoms with van der Waals surface area (Å²) in [7, 11) is 0. The molecule has 0 aliphatic heterocycles. The van der Waals surface area contributed by atoms with Crippen molar-refractivity contribution in [3.63, 3.8) is 0 Å². The SMILES string of the molecule is C=CCOc1ccccc1C=C(CC)CNCC. The molecule has 0 bridgehead atoms. The number of hydrogen-bond donors (Lipinski definition) is 1. The molecule has 2 heteroatoms. The Balaban J connectivity index is 2.85. The Labute approximate surface area is 110 Å². The third kappa shape index (κ3) is 4.76. The number of nitrogens with one attached hydrogen (secondary N) is 1. The van der Waals surface area contributed by atoms with Crippen LogP contribution < -0.4 is 10.1 Å². The van der Waals surface area contributed by atoms with Gasteiger partial charge in [0.25, 0.3) is 0 Å². The van der Waals surface area contributed by atoms with Crippen LogP contribution in [0.5, 0.6) is 5.75 Å². The first-order chi connectivity index (χ1) is 8.81. The summed E-state index contributed by atoms with van der Waals surface area (Å²) in [6.07, 6.45) is 5.02. The monoisotopic (exact) mass is 245 g/mol. The lowest BCUT2D eigenvalue weighted by molar-refractivity contribution is 0.362. The summed E-state index contributed by atoms with van der Waals surface area (Å²) in [6, 6.07) is 8.11. The lowest BCUT2D eigenvalue weighted by Gasteiger charge is -2.10. The van der Waals surface area contributed by atoms with E-state index in [1.54, 1.807) is 6.08 Å². The van der Waals surface area contributed by atoms with Gasteiger partial charge in [0.15, 0.2) is 0 Å². The highest BCUT2D eigenvalue weighted by Gasteiger charge is 2.01. The van der Waals surface area contributed by atoms with Crippen molar-refractivity contribution in [3.05, 3.63) is 48.1 Å². The molecular formula is C16H23NO. The van der Waals surface area contributed by atoms with Gasteiger partial charge in [0.05, 0.1) is 0 Å². The van der Waals surface area contributed by atoms with E-state index < -0.39 is 0 Å². The molecule has 0 radical (unpaired) electrons. The van der Waals surface area contributed by atoms with Crippen LogP contribution in [0.4, 0.5) is 0 Å². The van der Waals surface area contributed by atoms with Crippen LogP contribution in [0.2, 0.25) is 0 Å². The molecule has 1 rings (SSSR count). The van der Waals surface area contributed by atoms with Crippen LogP contribution in [-0.4, -0.2) is 19.7 Å². The molecule has 1 aromatic rings. The average Bonchev–Trinajstić information content (AvgIpc) is 2.42. The molecule has 0 spiro atoms. The number of benzene rings is 1. The zero-order valence-electron chi connectivity index (χ0n) is 11.4. The second-order valence-corrected chi connectivity index (χ2v) is 4.07. The van der Waals surface area contributed by atoms with Gasteiger partial charge in [0, 0.05) is 12.1 Å². The summed E-state index contributed by atoms with van der Waals surface area (Å²) in [4.78, 5) is 0. The van der Waals surface area contributed by atoms with E-state index in [0.717, 1.165) is 30.8 Å². The maximum atomic E-state index is 5.65. The fourth-order valence-electron chi connectivity index (χ4n) is 1.66. The van der Waals surface area contributed by atoms with Crippen molar-refractivity contribution in [3.8, 4) is 5.75 Å². The van der Waals surface area contributed by atoms with E-state index in [-0.39, 0.29) is 0 Å². The maximum absolute atomic E-state index is 5.65. The maximum Gasteiger partial charge on any atom is 0.126 e. The number of hydrogen-bond acceptors (Lipinski definition) is 2. The normalized spacial score (nSPS) is 11.3. The standard InChI is InChI=1S/C16H23NO/c1-4-11-18-16-10-8-7-9-15(16)12-14(5-2)13-17-6-3/h4,7-10,12,17H,1,5-6,11,13H2,2-3H3. The van der Waals surface area contributed by atoms with Crippen LogP contribution in [0.25, 0.3) is 6.08 Å². The van der Waals surface area contributed by atoms with Gasteiger partial charge >= 0.3 is 0 Å². The molecule has 0 heterocycles. The second kappa shape index (κ2) is 8.54. The Morgan fingerprint density at radius 2 is 2.11 bits per heavy atom. The number of para-hydroxylation sites is 1. The minimum absolute atomic E-state index is 0.541. The van der Waals surface area contributed by atoms with Gasteiger partial charge in [-0.1, -0.05) is 56.4 Å². The third-order valence-electron chi connectivity index (χ3n) is 2.69. The average molecular weight is 245 g/mol. The van der Waals surface area contributed by atoms with Crippen molar-refractivity contribution >= 4 is 6.08 Å². The van der Waals surface area contributed by atoms with E-state index in [9.17, 15) is 0 Å². The molecule has 0 aliphatic rings. The van der Waals surface area contributed by atoms with E-state index in [1.165, 1.54) is 5.57 Å². The Morgan fingerprint density at radius 3 is 2.78 bits per heavy atom. The fraction of sp³-hybridized carbons (Fsp3) is 0.375. The molecule has 0 saturated heterocycles. The van der Waals surface area contributed by atoms with Crippen LogP contribution in [0.3, 0.4) is 0 Å². The first-order valence-corrected chi connectivity index (χ1v) is 6.54. The number of rotatable bonds is 8. The summed E-state index contributed by atoms with van der Waals surface area (Å²) in [5.41, 5.74) is 2.51. The molecule has 0 unspecified atom stereocenters. The summed E-state index contributed by atoms with van der Waals surface area (Å²) >= 11 is 0. The van der Waals surface area contributed by atoms with Crippen LogP contribution in [-0.2, 0) is 0 Å². The van der Waals surface area contributed by atoms with Crippen molar-refractivity contribution in [1.82, 2.24) is 5.32 Å². The minimum Gasteiger partial charge on any atom is -0.489 e. The highest BCUT2D eigenvalue weighted by atomic mass is 16.5. The van der Waals surface area contributed by atoms with Crippen molar-refractivity contribution in [2.75, 3.05) is 19.7 Å². The molecule has 2 nitrogen and oxygen atoms in total. The van der Waals surface area contributed by atoms with Crippen molar-refractivity contribution in [1.29, 1.82) is 0 Å². The van der Waals surface area contributed by atoms with Crippen molar-refractivity contribution < 1.29 is 4.74 Å². The van der Waals surface area contributed by atoms with E-state index in [1.807, 2.05) is 18.2 Å². The predicted octanol–water partition coefficient (Wildman–Crippen LogP) is 3.65. The van der Waals surface area contributed by atoms with Crippen LogP contribution in [0.15, 0.2) is 42.5 Å². The van der Waals surface area contributed by atoms with Gasteiger partial charge < -0.3 is 10.1 Å². The molecule has 18 heavy (non-hydrogen) atoms. The van der Waals surface area contributed by atoms with Crippen LogP contribution in [0.1, 0.15) is 25.8 Å². The van der Waals surface area contributed by atoms with Crippen molar-refractivity contribution in [2.24, 2.45) is 0 Å². The smallest absolute Gasteiger partial charge is 0.126 e. The van der Waals surface area contributed by atoms with E-state index in [4.69, 9.17) is 4.74 Å². The molecule has 1 aromatic carbocycles. The molecule has 0 fully saturated rings. The molecule has 0 amide bonds. The first kappa shape index (κ1) is 14.5. The topological polar surface area (TPSA) is 21.3 Å². The van der Waals surface area contributed by atoms with Gasteiger partial charge in [-0.05, 0) is 19.0 Å². The molecular weight excluding hydrogens is 222 g/mol. The molecule has 0 aliphatic carbocycles. The fourth-order valence-corrected chi connectivity index (χ4v) is 1.66. The Kier molecular flexibility index (Phi) is 6.89. The van der Waals surface area contributed by atoms with Gasteiger partial charge in [-0.15, -0.1) is 0 Å². The molecule has 0 saturated carbocycles. The van der Waals surface area contributed by atoms with Gasteiger partial charge in [-0.2, -0.15) is 0 Å². The molecule has 0 aromatic heterocycles. The van der Waals surface area contributed by atoms with Crippen LogP contribution >= 0.6 is 0 Å². The zero-order valence-corrected chi connectivity index (χ0v) is 11.4. The molecule has 0 atom stereocenters. The Morgan fingerprint density at radius 1 is 1.33 bits per heavy atom. The predicted molar refractivity (Wildman–Crippen MR) is 78.9 cm³/mol. The minimum atomic E-state index is 0.541. The Hall–Kier alpha value is -1.54. The lowest BCUT2D eigenvalue weighted by atomic mass is 10.1.